The Morgan fingerprint density at radius 3 is 2.38 bits per heavy atom. The summed E-state index contributed by atoms with van der Waals surface area (Å²) in [5.41, 5.74) is 0.266. The number of hydrogen-bond donors (Lipinski definition) is 0. The highest BCUT2D eigenvalue weighted by atomic mass is 19.1. The van der Waals surface area contributed by atoms with E-state index in [-0.39, 0.29) is 29.9 Å². The van der Waals surface area contributed by atoms with Gasteiger partial charge in [0.2, 0.25) is 5.95 Å². The van der Waals surface area contributed by atoms with Crippen LogP contribution in [-0.4, -0.2) is 52.7 Å². The summed E-state index contributed by atoms with van der Waals surface area (Å²) in [6.07, 6.45) is 0.651. The van der Waals surface area contributed by atoms with Gasteiger partial charge in [0.1, 0.15) is 5.60 Å². The van der Waals surface area contributed by atoms with E-state index in [1.54, 1.807) is 11.8 Å². The number of halogens is 1. The monoisotopic (exact) mass is 364 g/mol. The first-order chi connectivity index (χ1) is 12.2. The minimum Gasteiger partial charge on any atom is -0.444 e. The number of morpholine rings is 1. The smallest absolute Gasteiger partial charge is 0.410 e. The predicted octanol–water partition coefficient (Wildman–Crippen LogP) is 3.13. The molecule has 2 aliphatic heterocycles. The Morgan fingerprint density at radius 1 is 1.23 bits per heavy atom. The summed E-state index contributed by atoms with van der Waals surface area (Å²) in [4.78, 5) is 31.0. The zero-order chi connectivity index (χ0) is 19.1. The molecule has 142 valence electrons. The van der Waals surface area contributed by atoms with Crippen LogP contribution in [0.15, 0.2) is 12.1 Å². The molecular formula is C19H25FN2O4. The van der Waals surface area contributed by atoms with Crippen molar-refractivity contribution < 1.29 is 23.5 Å². The molecule has 0 spiro atoms. The molecule has 1 aromatic heterocycles. The number of fused-ring (bicyclic) bond motifs is 2. The first-order valence-corrected chi connectivity index (χ1v) is 8.92. The lowest BCUT2D eigenvalue weighted by Gasteiger charge is -2.47. The summed E-state index contributed by atoms with van der Waals surface area (Å²) in [6, 6.07) is 2.31. The average molecular weight is 364 g/mol. The number of ether oxygens (including phenoxy) is 2. The molecular weight excluding hydrogens is 339 g/mol. The van der Waals surface area contributed by atoms with Gasteiger partial charge >= 0.3 is 6.09 Å². The van der Waals surface area contributed by atoms with E-state index in [0.29, 0.717) is 37.3 Å². The maximum absolute atomic E-state index is 13.2. The van der Waals surface area contributed by atoms with Crippen molar-refractivity contribution in [2.45, 2.75) is 58.2 Å². The van der Waals surface area contributed by atoms with Gasteiger partial charge in [-0.1, -0.05) is 0 Å². The fourth-order valence-corrected chi connectivity index (χ4v) is 3.75. The number of Topliss-reactive ketones (excluding diaryl/α,β-unsaturated/α-hetero) is 1. The van der Waals surface area contributed by atoms with Gasteiger partial charge < -0.3 is 9.47 Å². The number of ketones is 1. The zero-order valence-corrected chi connectivity index (χ0v) is 15.6. The first kappa shape index (κ1) is 18.8. The number of rotatable bonds is 2. The molecule has 1 aromatic rings. The molecule has 3 rings (SSSR count). The number of aromatic nitrogens is 1. The number of piperidine rings is 1. The van der Waals surface area contributed by atoms with Gasteiger partial charge in [0.15, 0.2) is 5.78 Å². The maximum atomic E-state index is 13.2. The van der Waals surface area contributed by atoms with Gasteiger partial charge in [-0.25, -0.2) is 9.78 Å². The molecule has 0 saturated carbocycles. The van der Waals surface area contributed by atoms with E-state index < -0.39 is 11.5 Å². The topological polar surface area (TPSA) is 68.7 Å². The lowest BCUT2D eigenvalue weighted by Crippen LogP contribution is -2.60. The third-order valence-electron chi connectivity index (χ3n) is 4.81. The van der Waals surface area contributed by atoms with Gasteiger partial charge in [0.25, 0.3) is 0 Å². The van der Waals surface area contributed by atoms with E-state index in [4.69, 9.17) is 9.47 Å². The molecule has 2 saturated heterocycles. The Bertz CT molecular complexity index is 702. The van der Waals surface area contributed by atoms with Crippen LogP contribution in [-0.2, 0) is 9.47 Å². The van der Waals surface area contributed by atoms with E-state index in [1.165, 1.54) is 12.1 Å². The summed E-state index contributed by atoms with van der Waals surface area (Å²) < 4.78 is 24.3. The Morgan fingerprint density at radius 2 is 1.85 bits per heavy atom. The minimum atomic E-state index is -0.593. The highest BCUT2D eigenvalue weighted by molar-refractivity contribution is 5.99. The second kappa shape index (κ2) is 6.95. The Labute approximate surface area is 152 Å². The van der Waals surface area contributed by atoms with Crippen LogP contribution < -0.4 is 0 Å². The zero-order valence-electron chi connectivity index (χ0n) is 15.6. The van der Waals surface area contributed by atoms with Crippen molar-refractivity contribution in [2.75, 3.05) is 13.2 Å². The van der Waals surface area contributed by atoms with Crippen LogP contribution in [0.5, 0.6) is 0 Å². The van der Waals surface area contributed by atoms with Gasteiger partial charge in [0.05, 0.1) is 31.0 Å². The number of hydrogen-bond acceptors (Lipinski definition) is 5. The van der Waals surface area contributed by atoms with Crippen LogP contribution in [0, 0.1) is 18.8 Å². The summed E-state index contributed by atoms with van der Waals surface area (Å²) >= 11 is 0. The molecule has 2 fully saturated rings. The SMILES string of the molecule is Cc1nc(F)ccc1C(=O)C1CC2COCC(C1)N2C(=O)OC(C)(C)C. The van der Waals surface area contributed by atoms with Crippen molar-refractivity contribution in [3.05, 3.63) is 29.3 Å². The highest BCUT2D eigenvalue weighted by Crippen LogP contribution is 2.35. The van der Waals surface area contributed by atoms with Gasteiger partial charge in [0, 0.05) is 11.5 Å². The Kier molecular flexibility index (Phi) is 5.01. The molecule has 0 aliphatic carbocycles. The predicted molar refractivity (Wildman–Crippen MR) is 92.5 cm³/mol. The molecule has 2 atom stereocenters. The lowest BCUT2D eigenvalue weighted by molar-refractivity contribution is -0.0861. The van der Waals surface area contributed by atoms with Crippen LogP contribution in [0.3, 0.4) is 0 Å². The van der Waals surface area contributed by atoms with Crippen LogP contribution >= 0.6 is 0 Å². The van der Waals surface area contributed by atoms with E-state index >= 15 is 0 Å². The van der Waals surface area contributed by atoms with Gasteiger partial charge in [-0.3, -0.25) is 9.69 Å². The number of nitrogens with zero attached hydrogens (tertiary/aromatic N) is 2. The third-order valence-corrected chi connectivity index (χ3v) is 4.81. The quantitative estimate of drug-likeness (QED) is 0.596. The summed E-state index contributed by atoms with van der Waals surface area (Å²) in [5.74, 6) is -0.877. The molecule has 26 heavy (non-hydrogen) atoms. The van der Waals surface area contributed by atoms with Crippen molar-refractivity contribution in [1.82, 2.24) is 9.88 Å². The first-order valence-electron chi connectivity index (χ1n) is 8.92. The Balaban J connectivity index is 1.77. The van der Waals surface area contributed by atoms with E-state index in [2.05, 4.69) is 4.98 Å². The standard InChI is InChI=1S/C19H25FN2O4/c1-11-15(5-6-16(20)21-11)17(23)12-7-13-9-25-10-14(8-12)22(13)18(24)26-19(2,3)4/h5-6,12-14H,7-10H2,1-4H3. The normalized spacial score (nSPS) is 25.7. The lowest BCUT2D eigenvalue weighted by atomic mass is 9.80. The molecule has 3 heterocycles. The summed E-state index contributed by atoms with van der Waals surface area (Å²) in [6.45, 7) is 7.91. The average Bonchev–Trinajstić information content (AvgIpc) is 2.51. The third kappa shape index (κ3) is 3.87. The molecule has 2 aliphatic rings. The van der Waals surface area contributed by atoms with Gasteiger partial charge in [-0.2, -0.15) is 4.39 Å². The van der Waals surface area contributed by atoms with Crippen molar-refractivity contribution in [3.8, 4) is 0 Å². The molecule has 0 N–H and O–H groups in total. The Hall–Kier alpha value is -2.02. The van der Waals surface area contributed by atoms with Gasteiger partial charge in [-0.05, 0) is 52.7 Å². The summed E-state index contributed by atoms with van der Waals surface area (Å²) in [5, 5.41) is 0. The highest BCUT2D eigenvalue weighted by Gasteiger charge is 2.45. The molecule has 7 heteroatoms. The minimum absolute atomic E-state index is 0.0456. The summed E-state index contributed by atoms with van der Waals surface area (Å²) in [7, 11) is 0. The molecule has 2 unspecified atom stereocenters. The molecule has 0 aromatic carbocycles. The second-order valence-corrected chi connectivity index (χ2v) is 8.03. The van der Waals surface area contributed by atoms with Gasteiger partial charge in [-0.15, -0.1) is 0 Å². The fourth-order valence-electron chi connectivity index (χ4n) is 3.75. The molecule has 2 bridgehead atoms. The number of amides is 1. The maximum Gasteiger partial charge on any atom is 0.410 e. The van der Waals surface area contributed by atoms with Crippen molar-refractivity contribution in [2.24, 2.45) is 5.92 Å². The fraction of sp³-hybridized carbons (Fsp3) is 0.632. The second-order valence-electron chi connectivity index (χ2n) is 8.03. The number of carbonyl (C=O) groups excluding carboxylic acids is 2. The number of aryl methyl sites for hydroxylation is 1. The van der Waals surface area contributed by atoms with Crippen molar-refractivity contribution >= 4 is 11.9 Å². The number of carbonyl (C=O) groups is 2. The molecule has 1 amide bonds. The van der Waals surface area contributed by atoms with Crippen molar-refractivity contribution in [3.63, 3.8) is 0 Å². The van der Waals surface area contributed by atoms with Crippen molar-refractivity contribution in [1.29, 1.82) is 0 Å². The van der Waals surface area contributed by atoms with Crippen LogP contribution in [0.25, 0.3) is 0 Å². The molecule has 0 radical (unpaired) electrons. The van der Waals surface area contributed by atoms with E-state index in [9.17, 15) is 14.0 Å². The largest absolute Gasteiger partial charge is 0.444 e. The van der Waals surface area contributed by atoms with Crippen LogP contribution in [0.2, 0.25) is 0 Å². The van der Waals surface area contributed by atoms with E-state index in [1.807, 2.05) is 20.8 Å². The van der Waals surface area contributed by atoms with E-state index in [0.717, 1.165) is 0 Å². The van der Waals surface area contributed by atoms with Crippen LogP contribution in [0.1, 0.15) is 49.7 Å². The number of pyridine rings is 1. The molecule has 6 nitrogen and oxygen atoms in total. The van der Waals surface area contributed by atoms with Crippen LogP contribution in [0.4, 0.5) is 9.18 Å².